The molecular formula is C16H21NO4. The van der Waals surface area contributed by atoms with Gasteiger partial charge in [-0.1, -0.05) is 18.2 Å². The highest BCUT2D eigenvalue weighted by Crippen LogP contribution is 2.39. The van der Waals surface area contributed by atoms with Gasteiger partial charge in [-0.15, -0.1) is 0 Å². The predicted octanol–water partition coefficient (Wildman–Crippen LogP) is 1.73. The average molecular weight is 291 g/mol. The first-order valence-electron chi connectivity index (χ1n) is 7.31. The van der Waals surface area contributed by atoms with Crippen molar-refractivity contribution in [3.8, 4) is 0 Å². The third-order valence-electron chi connectivity index (χ3n) is 4.48. The fourth-order valence-electron chi connectivity index (χ4n) is 3.49. The molecule has 1 N–H and O–H groups in total. The number of rotatable bonds is 4. The Balaban J connectivity index is 1.84. The van der Waals surface area contributed by atoms with E-state index in [1.165, 1.54) is 0 Å². The maximum Gasteiger partial charge on any atom is 0.340 e. The van der Waals surface area contributed by atoms with Crippen LogP contribution in [0.4, 0.5) is 0 Å². The quantitative estimate of drug-likeness (QED) is 0.676. The fourth-order valence-corrected chi connectivity index (χ4v) is 3.49. The van der Waals surface area contributed by atoms with Crippen LogP contribution in [0.1, 0.15) is 29.6 Å². The molecule has 1 aromatic rings. The second-order valence-corrected chi connectivity index (χ2v) is 5.68. The van der Waals surface area contributed by atoms with E-state index in [2.05, 4.69) is 5.32 Å². The van der Waals surface area contributed by atoms with Gasteiger partial charge in [0.05, 0.1) is 5.56 Å². The molecule has 5 heteroatoms. The molecule has 0 saturated carbocycles. The van der Waals surface area contributed by atoms with Crippen LogP contribution in [0.15, 0.2) is 30.3 Å². The van der Waals surface area contributed by atoms with Crippen LogP contribution in [0.3, 0.4) is 0 Å². The summed E-state index contributed by atoms with van der Waals surface area (Å²) in [6.45, 7) is 0. The van der Waals surface area contributed by atoms with Gasteiger partial charge in [-0.25, -0.2) is 4.79 Å². The first-order chi connectivity index (χ1) is 10.2. The Labute approximate surface area is 124 Å². The molecule has 0 aliphatic carbocycles. The molecule has 21 heavy (non-hydrogen) atoms. The van der Waals surface area contributed by atoms with Gasteiger partial charge in [0.1, 0.15) is 6.10 Å². The Bertz CT molecular complexity index is 506. The number of benzene rings is 1. The topological polar surface area (TPSA) is 56.8 Å². The zero-order chi connectivity index (χ0) is 14.9. The van der Waals surface area contributed by atoms with Gasteiger partial charge >= 0.3 is 5.97 Å². The normalized spacial score (nSPS) is 34.7. The zero-order valence-electron chi connectivity index (χ0n) is 12.4. The Morgan fingerprint density at radius 1 is 1.24 bits per heavy atom. The van der Waals surface area contributed by atoms with Gasteiger partial charge in [0.25, 0.3) is 0 Å². The molecule has 2 aliphatic rings. The van der Waals surface area contributed by atoms with Crippen molar-refractivity contribution in [1.82, 2.24) is 5.32 Å². The van der Waals surface area contributed by atoms with Crippen molar-refractivity contribution >= 4 is 5.97 Å². The van der Waals surface area contributed by atoms with E-state index in [9.17, 15) is 4.79 Å². The number of piperidine rings is 1. The van der Waals surface area contributed by atoms with Crippen LogP contribution in [0.25, 0.3) is 0 Å². The summed E-state index contributed by atoms with van der Waals surface area (Å²) in [4.78, 5) is 12.4. The molecule has 2 aliphatic heterocycles. The smallest absolute Gasteiger partial charge is 0.340 e. The number of esters is 1. The summed E-state index contributed by atoms with van der Waals surface area (Å²) in [5.74, 6) is -1.39. The van der Waals surface area contributed by atoms with Gasteiger partial charge < -0.3 is 19.5 Å². The van der Waals surface area contributed by atoms with E-state index in [0.717, 1.165) is 12.8 Å². The minimum absolute atomic E-state index is 0.164. The van der Waals surface area contributed by atoms with Crippen molar-refractivity contribution in [3.63, 3.8) is 0 Å². The third-order valence-corrected chi connectivity index (χ3v) is 4.48. The van der Waals surface area contributed by atoms with Crippen molar-refractivity contribution in [2.24, 2.45) is 0 Å². The largest absolute Gasteiger partial charge is 0.426 e. The molecular weight excluding hydrogens is 270 g/mol. The van der Waals surface area contributed by atoms with Crippen LogP contribution in [0, 0.1) is 0 Å². The van der Waals surface area contributed by atoms with Gasteiger partial charge in [-0.05, 0) is 25.0 Å². The van der Waals surface area contributed by atoms with Gasteiger partial charge in [0.15, 0.2) is 0 Å². The second kappa shape index (κ2) is 5.75. The average Bonchev–Trinajstić information content (AvgIpc) is 2.91. The molecule has 0 amide bonds. The summed E-state index contributed by atoms with van der Waals surface area (Å²) in [7, 11) is 3.21. The number of carbonyl (C=O) groups excluding carboxylic acids is 1. The Kier molecular flexibility index (Phi) is 3.97. The number of carbonyl (C=O) groups is 1. The molecule has 114 valence electrons. The van der Waals surface area contributed by atoms with Crippen LogP contribution < -0.4 is 5.32 Å². The Hall–Kier alpha value is -1.43. The molecule has 5 nitrogen and oxygen atoms in total. The molecule has 0 spiro atoms. The Morgan fingerprint density at radius 2 is 2.00 bits per heavy atom. The molecule has 2 bridgehead atoms. The summed E-state index contributed by atoms with van der Waals surface area (Å²) < 4.78 is 17.0. The lowest BCUT2D eigenvalue weighted by Crippen LogP contribution is -2.63. The minimum atomic E-state index is -1.02. The molecule has 1 aromatic carbocycles. The molecule has 2 fully saturated rings. The molecule has 2 heterocycles. The van der Waals surface area contributed by atoms with Gasteiger partial charge in [0.2, 0.25) is 5.79 Å². The van der Waals surface area contributed by atoms with E-state index >= 15 is 0 Å². The molecule has 0 radical (unpaired) electrons. The van der Waals surface area contributed by atoms with Gasteiger partial charge in [-0.2, -0.15) is 0 Å². The lowest BCUT2D eigenvalue weighted by Gasteiger charge is -2.44. The van der Waals surface area contributed by atoms with Crippen molar-refractivity contribution in [1.29, 1.82) is 0 Å². The van der Waals surface area contributed by atoms with E-state index < -0.39 is 5.79 Å². The molecule has 2 saturated heterocycles. The highest BCUT2D eigenvalue weighted by molar-refractivity contribution is 5.89. The van der Waals surface area contributed by atoms with Crippen molar-refractivity contribution in [3.05, 3.63) is 35.9 Å². The standard InChI is InChI=1S/C16H21NO4/c1-19-14-13-9-8-12(17-13)10-16(14,20-2)21-15(18)11-6-4-3-5-7-11/h3-7,12-14,17H,8-10H2,1-2H3. The highest BCUT2D eigenvalue weighted by Gasteiger charge is 2.55. The van der Waals surface area contributed by atoms with Crippen LogP contribution in [-0.2, 0) is 14.2 Å². The van der Waals surface area contributed by atoms with Crippen LogP contribution >= 0.6 is 0 Å². The predicted molar refractivity (Wildman–Crippen MR) is 77.0 cm³/mol. The van der Waals surface area contributed by atoms with Crippen LogP contribution in [-0.4, -0.2) is 44.2 Å². The second-order valence-electron chi connectivity index (χ2n) is 5.68. The van der Waals surface area contributed by atoms with E-state index in [-0.39, 0.29) is 18.1 Å². The lowest BCUT2D eigenvalue weighted by atomic mass is 9.94. The zero-order valence-corrected chi connectivity index (χ0v) is 12.4. The molecule has 0 aromatic heterocycles. The van der Waals surface area contributed by atoms with E-state index in [4.69, 9.17) is 14.2 Å². The maximum atomic E-state index is 12.4. The van der Waals surface area contributed by atoms with Gasteiger partial charge in [-0.3, -0.25) is 0 Å². The van der Waals surface area contributed by atoms with Crippen molar-refractivity contribution in [2.45, 2.75) is 43.2 Å². The minimum Gasteiger partial charge on any atom is -0.426 e. The molecule has 3 rings (SSSR count). The monoisotopic (exact) mass is 291 g/mol. The fraction of sp³-hybridized carbons (Fsp3) is 0.562. The van der Waals surface area contributed by atoms with Crippen molar-refractivity contribution in [2.75, 3.05) is 14.2 Å². The van der Waals surface area contributed by atoms with Crippen LogP contribution in [0.2, 0.25) is 0 Å². The van der Waals surface area contributed by atoms with Crippen LogP contribution in [0.5, 0.6) is 0 Å². The van der Waals surface area contributed by atoms with E-state index in [0.29, 0.717) is 18.0 Å². The number of fused-ring (bicyclic) bond motifs is 2. The number of hydrogen-bond acceptors (Lipinski definition) is 5. The van der Waals surface area contributed by atoms with E-state index in [1.807, 2.05) is 18.2 Å². The maximum absolute atomic E-state index is 12.4. The first kappa shape index (κ1) is 14.5. The number of nitrogens with one attached hydrogen (secondary N) is 1. The van der Waals surface area contributed by atoms with E-state index in [1.54, 1.807) is 26.4 Å². The molecule has 4 atom stereocenters. The first-order valence-corrected chi connectivity index (χ1v) is 7.31. The number of methoxy groups -OCH3 is 2. The summed E-state index contributed by atoms with van der Waals surface area (Å²) in [5, 5.41) is 3.50. The number of ether oxygens (including phenoxy) is 3. The summed E-state index contributed by atoms with van der Waals surface area (Å²) >= 11 is 0. The summed E-state index contributed by atoms with van der Waals surface area (Å²) in [6, 6.07) is 9.45. The lowest BCUT2D eigenvalue weighted by molar-refractivity contribution is -0.266. The summed E-state index contributed by atoms with van der Waals surface area (Å²) in [5.41, 5.74) is 0.523. The summed E-state index contributed by atoms with van der Waals surface area (Å²) in [6.07, 6.45) is 2.38. The number of hydrogen-bond donors (Lipinski definition) is 1. The van der Waals surface area contributed by atoms with Gasteiger partial charge in [0, 0.05) is 32.7 Å². The molecule has 4 unspecified atom stereocenters. The van der Waals surface area contributed by atoms with Crippen molar-refractivity contribution < 1.29 is 19.0 Å². The third kappa shape index (κ3) is 2.57. The highest BCUT2D eigenvalue weighted by atomic mass is 16.7. The Morgan fingerprint density at radius 3 is 2.67 bits per heavy atom. The SMILES string of the molecule is COC1C2CCC(CC1(OC)OC(=O)c1ccccc1)N2.